The summed E-state index contributed by atoms with van der Waals surface area (Å²) in [6.07, 6.45) is 4.91. The second kappa shape index (κ2) is 4.85. The summed E-state index contributed by atoms with van der Waals surface area (Å²) in [6, 6.07) is 15.3. The number of nitrogens with zero attached hydrogens (tertiary/aromatic N) is 1. The fourth-order valence-electron chi connectivity index (χ4n) is 4.15. The van der Waals surface area contributed by atoms with Crippen LogP contribution in [0.25, 0.3) is 21.8 Å². The molecule has 2 fully saturated rings. The second-order valence-electron chi connectivity index (χ2n) is 7.65. The topological polar surface area (TPSA) is 42.2 Å². The van der Waals surface area contributed by atoms with E-state index in [1.54, 1.807) is 0 Å². The molecule has 5 rings (SSSR count). The van der Waals surface area contributed by atoms with Crippen molar-refractivity contribution in [1.29, 1.82) is 0 Å². The molecule has 0 amide bonds. The third-order valence-corrected chi connectivity index (χ3v) is 5.87. The van der Waals surface area contributed by atoms with E-state index in [0.717, 1.165) is 25.3 Å². The fraction of sp³-hybridized carbons (Fsp3) is 0.381. The van der Waals surface area contributed by atoms with Crippen molar-refractivity contribution < 1.29 is 9.90 Å². The molecular formula is C21H21NO2. The lowest BCUT2D eigenvalue weighted by molar-refractivity contribution is -0.137. The molecule has 0 radical (unpaired) electrons. The molecular weight excluding hydrogens is 298 g/mol. The molecule has 0 bridgehead atoms. The molecule has 1 aromatic heterocycles. The van der Waals surface area contributed by atoms with Crippen molar-refractivity contribution in [2.45, 2.75) is 44.1 Å². The molecule has 3 heteroatoms. The van der Waals surface area contributed by atoms with Crippen molar-refractivity contribution in [3.63, 3.8) is 0 Å². The summed E-state index contributed by atoms with van der Waals surface area (Å²) < 4.78 is 2.46. The normalized spacial score (nSPS) is 19.0. The zero-order valence-corrected chi connectivity index (χ0v) is 13.7. The van der Waals surface area contributed by atoms with Gasteiger partial charge in [-0.25, -0.2) is 0 Å². The highest BCUT2D eigenvalue weighted by Gasteiger charge is 2.46. The van der Waals surface area contributed by atoms with Crippen LogP contribution < -0.4 is 0 Å². The Morgan fingerprint density at radius 1 is 1.08 bits per heavy atom. The summed E-state index contributed by atoms with van der Waals surface area (Å²) >= 11 is 0. The number of aliphatic carboxylic acids is 1. The molecule has 3 nitrogen and oxygen atoms in total. The van der Waals surface area contributed by atoms with Crippen molar-refractivity contribution in [1.82, 2.24) is 4.57 Å². The third kappa shape index (κ3) is 2.15. The van der Waals surface area contributed by atoms with Gasteiger partial charge >= 0.3 is 5.97 Å². The van der Waals surface area contributed by atoms with E-state index >= 15 is 0 Å². The molecule has 0 saturated heterocycles. The van der Waals surface area contributed by atoms with Crippen molar-refractivity contribution in [3.8, 4) is 0 Å². The summed E-state index contributed by atoms with van der Waals surface area (Å²) in [7, 11) is 0. The van der Waals surface area contributed by atoms with Gasteiger partial charge in [0.25, 0.3) is 0 Å². The lowest BCUT2D eigenvalue weighted by Crippen LogP contribution is -2.12. The van der Waals surface area contributed by atoms with Gasteiger partial charge in [0.1, 0.15) is 0 Å². The number of aromatic nitrogens is 1. The minimum atomic E-state index is -0.691. The van der Waals surface area contributed by atoms with Crippen LogP contribution in [-0.4, -0.2) is 15.6 Å². The largest absolute Gasteiger partial charge is 0.481 e. The van der Waals surface area contributed by atoms with Crippen LogP contribution in [0.3, 0.4) is 0 Å². The van der Waals surface area contributed by atoms with Crippen molar-refractivity contribution in [3.05, 3.63) is 48.0 Å². The van der Waals surface area contributed by atoms with E-state index in [1.807, 2.05) is 0 Å². The average Bonchev–Trinajstić information content (AvgIpc) is 3.49. The quantitative estimate of drug-likeness (QED) is 0.740. The zero-order valence-electron chi connectivity index (χ0n) is 13.7. The molecule has 2 aliphatic rings. The van der Waals surface area contributed by atoms with Crippen LogP contribution in [0.5, 0.6) is 0 Å². The van der Waals surface area contributed by atoms with E-state index < -0.39 is 5.97 Å². The van der Waals surface area contributed by atoms with Crippen LogP contribution in [0, 0.1) is 5.92 Å². The Kier molecular flexibility index (Phi) is 2.85. The third-order valence-electron chi connectivity index (χ3n) is 5.87. The lowest BCUT2D eigenvalue weighted by atomic mass is 9.91. The molecule has 1 N–H and O–H groups in total. The number of carboxylic acid groups (broad SMARTS) is 1. The SMILES string of the molecule is O=C(O)CC1(c2ccc3c(c2)c2ccccc2n3CC2CC2)CC1. The number of hydrogen-bond acceptors (Lipinski definition) is 1. The van der Waals surface area contributed by atoms with Gasteiger partial charge in [-0.3, -0.25) is 4.79 Å². The van der Waals surface area contributed by atoms with E-state index in [0.29, 0.717) is 0 Å². The Balaban J connectivity index is 1.69. The number of rotatable bonds is 5. The first-order valence-electron chi connectivity index (χ1n) is 8.90. The van der Waals surface area contributed by atoms with Gasteiger partial charge in [0.05, 0.1) is 6.42 Å². The molecule has 0 spiro atoms. The summed E-state index contributed by atoms with van der Waals surface area (Å²) in [4.78, 5) is 11.2. The monoisotopic (exact) mass is 319 g/mol. The highest BCUT2D eigenvalue weighted by Crippen LogP contribution is 2.52. The predicted octanol–water partition coefficient (Wildman–Crippen LogP) is 4.71. The number of fused-ring (bicyclic) bond motifs is 3. The Labute approximate surface area is 140 Å². The molecule has 0 atom stereocenters. The van der Waals surface area contributed by atoms with Crippen LogP contribution in [0.1, 0.15) is 37.7 Å². The molecule has 2 aliphatic carbocycles. The molecule has 2 aromatic carbocycles. The predicted molar refractivity (Wildman–Crippen MR) is 95.3 cm³/mol. The van der Waals surface area contributed by atoms with Gasteiger partial charge in [-0.05, 0) is 55.4 Å². The molecule has 1 heterocycles. The van der Waals surface area contributed by atoms with Crippen molar-refractivity contribution >= 4 is 27.8 Å². The summed E-state index contributed by atoms with van der Waals surface area (Å²) in [5.74, 6) is 0.134. The van der Waals surface area contributed by atoms with Gasteiger partial charge in [0, 0.05) is 33.8 Å². The van der Waals surface area contributed by atoms with Gasteiger partial charge < -0.3 is 9.67 Å². The molecule has 122 valence electrons. The maximum atomic E-state index is 11.2. The number of para-hydroxylation sites is 1. The molecule has 24 heavy (non-hydrogen) atoms. The highest BCUT2D eigenvalue weighted by atomic mass is 16.4. The Morgan fingerprint density at radius 3 is 2.54 bits per heavy atom. The molecule has 0 aliphatic heterocycles. The average molecular weight is 319 g/mol. The first-order chi connectivity index (χ1) is 11.7. The number of benzene rings is 2. The van der Waals surface area contributed by atoms with E-state index in [-0.39, 0.29) is 11.8 Å². The van der Waals surface area contributed by atoms with Gasteiger partial charge in [0.2, 0.25) is 0 Å². The van der Waals surface area contributed by atoms with E-state index in [2.05, 4.69) is 47.0 Å². The van der Waals surface area contributed by atoms with Crippen molar-refractivity contribution in [2.75, 3.05) is 0 Å². The van der Waals surface area contributed by atoms with E-state index in [4.69, 9.17) is 0 Å². The van der Waals surface area contributed by atoms with Gasteiger partial charge in [0.15, 0.2) is 0 Å². The van der Waals surface area contributed by atoms with Crippen molar-refractivity contribution in [2.24, 2.45) is 5.92 Å². The Bertz CT molecular complexity index is 961. The van der Waals surface area contributed by atoms with Crippen LogP contribution in [0.2, 0.25) is 0 Å². The minimum absolute atomic E-state index is 0.125. The Hall–Kier alpha value is -2.29. The van der Waals surface area contributed by atoms with E-state index in [9.17, 15) is 9.90 Å². The van der Waals surface area contributed by atoms with Gasteiger partial charge in [-0.1, -0.05) is 24.3 Å². The lowest BCUT2D eigenvalue weighted by Gasteiger charge is -2.13. The van der Waals surface area contributed by atoms with E-state index in [1.165, 1.54) is 40.2 Å². The molecule has 3 aromatic rings. The smallest absolute Gasteiger partial charge is 0.304 e. The van der Waals surface area contributed by atoms with Gasteiger partial charge in [-0.2, -0.15) is 0 Å². The first kappa shape index (κ1) is 14.1. The summed E-state index contributed by atoms with van der Waals surface area (Å²) in [5, 5.41) is 11.8. The standard InChI is InChI=1S/C21H21NO2/c23-20(24)12-21(9-10-21)15-7-8-19-17(11-15)16-3-1-2-4-18(16)22(19)13-14-5-6-14/h1-4,7-8,11,14H,5-6,9-10,12-13H2,(H,23,24). The molecule has 0 unspecified atom stereocenters. The minimum Gasteiger partial charge on any atom is -0.481 e. The number of hydrogen-bond donors (Lipinski definition) is 1. The maximum Gasteiger partial charge on any atom is 0.304 e. The van der Waals surface area contributed by atoms with Crippen LogP contribution in [0.4, 0.5) is 0 Å². The van der Waals surface area contributed by atoms with Crippen LogP contribution >= 0.6 is 0 Å². The maximum absolute atomic E-state index is 11.2. The summed E-state index contributed by atoms with van der Waals surface area (Å²) in [6.45, 7) is 1.10. The zero-order chi connectivity index (χ0) is 16.3. The highest BCUT2D eigenvalue weighted by molar-refractivity contribution is 6.08. The van der Waals surface area contributed by atoms with Crippen LogP contribution in [-0.2, 0) is 16.8 Å². The Morgan fingerprint density at radius 2 is 1.83 bits per heavy atom. The second-order valence-corrected chi connectivity index (χ2v) is 7.65. The number of carboxylic acids is 1. The van der Waals surface area contributed by atoms with Gasteiger partial charge in [-0.15, -0.1) is 0 Å². The number of carbonyl (C=O) groups is 1. The molecule has 2 saturated carbocycles. The first-order valence-corrected chi connectivity index (χ1v) is 8.90. The fourth-order valence-corrected chi connectivity index (χ4v) is 4.15. The summed E-state index contributed by atoms with van der Waals surface area (Å²) in [5.41, 5.74) is 3.67. The van der Waals surface area contributed by atoms with Crippen LogP contribution in [0.15, 0.2) is 42.5 Å².